The number of likely N-dealkylation sites (tertiary alicyclic amines) is 1. The number of alkyl halides is 1. The molecule has 3 rings (SSSR count). The fourth-order valence-electron chi connectivity index (χ4n) is 3.06. The maximum Gasteiger partial charge on any atom is 0.343 e. The molecular formula is C16H19FN2O4. The predicted molar refractivity (Wildman–Crippen MR) is 79.1 cm³/mol. The standard InChI is InChI=1S/C16H19FN2O4/c17-16(15(21)22)7-8-19(10-16)14(20)11-5-6-13(18-9-11)23-12-3-1-2-4-12/h5-6,9,12H,1-4,7-8,10H2,(H,21,22). The number of carbonyl (C=O) groups excluding carboxylic acids is 1. The van der Waals surface area contributed by atoms with Crippen LogP contribution in [0, 0.1) is 0 Å². The summed E-state index contributed by atoms with van der Waals surface area (Å²) in [6, 6.07) is 3.21. The first-order valence-corrected chi connectivity index (χ1v) is 7.82. The van der Waals surface area contributed by atoms with Crippen LogP contribution in [0.5, 0.6) is 5.88 Å². The number of rotatable bonds is 4. The molecule has 124 valence electrons. The van der Waals surface area contributed by atoms with Gasteiger partial charge in [0, 0.05) is 25.2 Å². The third-order valence-electron chi connectivity index (χ3n) is 4.46. The van der Waals surface area contributed by atoms with Gasteiger partial charge in [0.25, 0.3) is 5.91 Å². The summed E-state index contributed by atoms with van der Waals surface area (Å²) in [6.45, 7) is -0.344. The Morgan fingerprint density at radius 1 is 1.35 bits per heavy atom. The lowest BCUT2D eigenvalue weighted by atomic mass is 10.1. The summed E-state index contributed by atoms with van der Waals surface area (Å²) in [4.78, 5) is 28.5. The van der Waals surface area contributed by atoms with E-state index in [0.29, 0.717) is 11.4 Å². The Bertz CT molecular complexity index is 601. The van der Waals surface area contributed by atoms with E-state index in [2.05, 4.69) is 4.98 Å². The summed E-state index contributed by atoms with van der Waals surface area (Å²) in [5, 5.41) is 8.87. The number of aromatic nitrogens is 1. The fourth-order valence-corrected chi connectivity index (χ4v) is 3.06. The van der Waals surface area contributed by atoms with Crippen molar-refractivity contribution in [1.82, 2.24) is 9.88 Å². The third kappa shape index (κ3) is 3.28. The molecule has 23 heavy (non-hydrogen) atoms. The minimum absolute atomic E-state index is 0.0853. The second-order valence-corrected chi connectivity index (χ2v) is 6.16. The Kier molecular flexibility index (Phi) is 4.19. The zero-order chi connectivity index (χ0) is 16.4. The maximum atomic E-state index is 14.0. The quantitative estimate of drug-likeness (QED) is 0.917. The van der Waals surface area contributed by atoms with E-state index in [4.69, 9.17) is 9.84 Å². The van der Waals surface area contributed by atoms with E-state index in [0.717, 1.165) is 25.7 Å². The summed E-state index contributed by atoms with van der Waals surface area (Å²) in [6.07, 6.45) is 5.74. The number of pyridine rings is 1. The largest absolute Gasteiger partial charge is 0.479 e. The Balaban J connectivity index is 1.63. The van der Waals surface area contributed by atoms with Gasteiger partial charge in [-0.2, -0.15) is 0 Å². The van der Waals surface area contributed by atoms with Crippen molar-refractivity contribution < 1.29 is 23.8 Å². The van der Waals surface area contributed by atoms with Crippen molar-refractivity contribution in [2.75, 3.05) is 13.1 Å². The van der Waals surface area contributed by atoms with Gasteiger partial charge >= 0.3 is 5.97 Å². The number of nitrogens with zero attached hydrogens (tertiary/aromatic N) is 2. The van der Waals surface area contributed by atoms with Gasteiger partial charge in [0.2, 0.25) is 11.5 Å². The van der Waals surface area contributed by atoms with E-state index in [-0.39, 0.29) is 19.1 Å². The SMILES string of the molecule is O=C(c1ccc(OC2CCCC2)nc1)N1CCC(F)(C(=O)O)C1. The van der Waals surface area contributed by atoms with Crippen LogP contribution < -0.4 is 4.74 Å². The van der Waals surface area contributed by atoms with Crippen molar-refractivity contribution in [3.63, 3.8) is 0 Å². The van der Waals surface area contributed by atoms with E-state index >= 15 is 0 Å². The molecule has 0 aromatic carbocycles. The van der Waals surface area contributed by atoms with Crippen molar-refractivity contribution in [2.45, 2.75) is 43.9 Å². The van der Waals surface area contributed by atoms with Gasteiger partial charge in [0.05, 0.1) is 12.1 Å². The molecule has 1 atom stereocenters. The Labute approximate surface area is 133 Å². The lowest BCUT2D eigenvalue weighted by Gasteiger charge is -2.18. The number of carboxylic acid groups (broad SMARTS) is 1. The molecule has 1 N–H and O–H groups in total. The highest BCUT2D eigenvalue weighted by Gasteiger charge is 2.47. The van der Waals surface area contributed by atoms with Gasteiger partial charge in [0.1, 0.15) is 6.10 Å². The number of ether oxygens (including phenoxy) is 1. The Hall–Kier alpha value is -2.18. The van der Waals surface area contributed by atoms with Gasteiger partial charge in [0.15, 0.2) is 0 Å². The molecule has 2 heterocycles. The summed E-state index contributed by atoms with van der Waals surface area (Å²) in [7, 11) is 0. The zero-order valence-electron chi connectivity index (χ0n) is 12.7. The molecular weight excluding hydrogens is 303 g/mol. The van der Waals surface area contributed by atoms with E-state index in [1.807, 2.05) is 0 Å². The molecule has 6 nitrogen and oxygen atoms in total. The maximum absolute atomic E-state index is 14.0. The van der Waals surface area contributed by atoms with Gasteiger partial charge in [-0.25, -0.2) is 14.2 Å². The Morgan fingerprint density at radius 3 is 2.65 bits per heavy atom. The number of halogens is 1. The van der Waals surface area contributed by atoms with Gasteiger partial charge < -0.3 is 14.7 Å². The lowest BCUT2D eigenvalue weighted by Crippen LogP contribution is -2.38. The van der Waals surface area contributed by atoms with Crippen LogP contribution in [-0.4, -0.2) is 51.7 Å². The van der Waals surface area contributed by atoms with Crippen molar-refractivity contribution in [2.24, 2.45) is 0 Å². The van der Waals surface area contributed by atoms with Crippen LogP contribution in [0.15, 0.2) is 18.3 Å². The second kappa shape index (κ2) is 6.14. The smallest absolute Gasteiger partial charge is 0.343 e. The van der Waals surface area contributed by atoms with Gasteiger partial charge in [-0.3, -0.25) is 4.79 Å². The normalized spacial score (nSPS) is 24.8. The monoisotopic (exact) mass is 322 g/mol. The van der Waals surface area contributed by atoms with E-state index in [1.54, 1.807) is 12.1 Å². The van der Waals surface area contributed by atoms with Crippen LogP contribution in [0.1, 0.15) is 42.5 Å². The first kappa shape index (κ1) is 15.7. The number of hydrogen-bond donors (Lipinski definition) is 1. The lowest BCUT2D eigenvalue weighted by molar-refractivity contribution is -0.149. The van der Waals surface area contributed by atoms with Gasteiger partial charge in [-0.1, -0.05) is 0 Å². The van der Waals surface area contributed by atoms with Crippen LogP contribution in [0.4, 0.5) is 4.39 Å². The minimum Gasteiger partial charge on any atom is -0.479 e. The number of aliphatic carboxylic acids is 1. The fraction of sp³-hybridized carbons (Fsp3) is 0.562. The molecule has 7 heteroatoms. The molecule has 2 aliphatic rings. The van der Waals surface area contributed by atoms with Gasteiger partial charge in [-0.05, 0) is 31.7 Å². The summed E-state index contributed by atoms with van der Waals surface area (Å²) in [5.74, 6) is -1.46. The first-order chi connectivity index (χ1) is 11.0. The zero-order valence-corrected chi connectivity index (χ0v) is 12.7. The van der Waals surface area contributed by atoms with E-state index in [9.17, 15) is 14.0 Å². The minimum atomic E-state index is -2.35. The molecule has 0 radical (unpaired) electrons. The third-order valence-corrected chi connectivity index (χ3v) is 4.46. The molecule has 1 amide bonds. The molecule has 1 aliphatic heterocycles. The van der Waals surface area contributed by atoms with Crippen molar-refractivity contribution >= 4 is 11.9 Å². The van der Waals surface area contributed by atoms with E-state index < -0.39 is 24.1 Å². The van der Waals surface area contributed by atoms with Crippen LogP contribution in [0.3, 0.4) is 0 Å². The molecule has 0 bridgehead atoms. The average Bonchev–Trinajstić information content (AvgIpc) is 3.18. The second-order valence-electron chi connectivity index (χ2n) is 6.16. The highest BCUT2D eigenvalue weighted by atomic mass is 19.1. The number of hydrogen-bond acceptors (Lipinski definition) is 4. The summed E-state index contributed by atoms with van der Waals surface area (Å²) < 4.78 is 19.8. The molecule has 1 saturated heterocycles. The highest BCUT2D eigenvalue weighted by Crippen LogP contribution is 2.27. The highest BCUT2D eigenvalue weighted by molar-refractivity contribution is 5.95. The number of amides is 1. The number of carbonyl (C=O) groups is 2. The molecule has 0 spiro atoms. The van der Waals surface area contributed by atoms with Crippen LogP contribution in [-0.2, 0) is 4.79 Å². The molecule has 1 saturated carbocycles. The van der Waals surface area contributed by atoms with Crippen molar-refractivity contribution in [3.05, 3.63) is 23.9 Å². The summed E-state index contributed by atoms with van der Waals surface area (Å²) >= 11 is 0. The van der Waals surface area contributed by atoms with Crippen LogP contribution in [0.2, 0.25) is 0 Å². The first-order valence-electron chi connectivity index (χ1n) is 7.82. The molecule has 1 aromatic heterocycles. The van der Waals surface area contributed by atoms with E-state index in [1.165, 1.54) is 11.1 Å². The van der Waals surface area contributed by atoms with Crippen LogP contribution in [0.25, 0.3) is 0 Å². The van der Waals surface area contributed by atoms with Gasteiger partial charge in [-0.15, -0.1) is 0 Å². The molecule has 1 aromatic rings. The van der Waals surface area contributed by atoms with Crippen LogP contribution >= 0.6 is 0 Å². The molecule has 2 fully saturated rings. The summed E-state index contributed by atoms with van der Waals surface area (Å²) in [5.41, 5.74) is -2.05. The molecule has 1 aliphatic carbocycles. The number of carboxylic acids is 1. The predicted octanol–water partition coefficient (Wildman–Crippen LogP) is 2.04. The topological polar surface area (TPSA) is 79.7 Å². The average molecular weight is 322 g/mol. The Morgan fingerprint density at radius 2 is 2.09 bits per heavy atom. The van der Waals surface area contributed by atoms with Crippen molar-refractivity contribution in [1.29, 1.82) is 0 Å². The van der Waals surface area contributed by atoms with Crippen molar-refractivity contribution in [3.8, 4) is 5.88 Å². The molecule has 1 unspecified atom stereocenters.